The van der Waals surface area contributed by atoms with Crippen LogP contribution >= 0.6 is 0 Å². The van der Waals surface area contributed by atoms with Crippen LogP contribution in [0, 0.1) is 71.0 Å². The Morgan fingerprint density at radius 2 is 1.27 bits per heavy atom. The van der Waals surface area contributed by atoms with Crippen molar-refractivity contribution in [1.82, 2.24) is 0 Å². The lowest BCUT2D eigenvalue weighted by molar-refractivity contribution is -0.138. The van der Waals surface area contributed by atoms with Gasteiger partial charge in [0.25, 0.3) is 0 Å². The second kappa shape index (κ2) is 6.26. The summed E-state index contributed by atoms with van der Waals surface area (Å²) in [7, 11) is 0. The largest absolute Gasteiger partial charge is 0.299 e. The predicted molar refractivity (Wildman–Crippen MR) is 112 cm³/mol. The first-order valence-electron chi connectivity index (χ1n) is 12.6. The number of Topliss-reactive ketones (excluding diaryl/α,β-unsaturated/α-hetero) is 3. The molecule has 0 heterocycles. The molecule has 0 aliphatic heterocycles. The van der Waals surface area contributed by atoms with E-state index in [9.17, 15) is 14.4 Å². The van der Waals surface area contributed by atoms with E-state index in [0.29, 0.717) is 29.2 Å². The molecule has 0 aromatic heterocycles. The molecule has 0 spiro atoms. The standard InChI is InChI=1S/C27H32O3/c28-25-16-10-4-1-7-13(16)19-22(25)20-15-9-3-6-12-18(15)27(30)24(20)21-14-8-2-5-11-17(14)26(29)23(19)21/h1,6-7,12-24H,2-5,8-11H2. The number of allylic oxidation sites excluding steroid dienone is 4. The highest BCUT2D eigenvalue weighted by Gasteiger charge is 2.72. The summed E-state index contributed by atoms with van der Waals surface area (Å²) in [5.41, 5.74) is 0. The van der Waals surface area contributed by atoms with Gasteiger partial charge in [0, 0.05) is 35.5 Å². The fraction of sp³-hybridized carbons (Fsp3) is 0.741. The molecular weight excluding hydrogens is 372 g/mol. The molecule has 0 aromatic rings. The normalized spacial score (nSPS) is 55.5. The summed E-state index contributed by atoms with van der Waals surface area (Å²) in [6.45, 7) is 0. The van der Waals surface area contributed by atoms with Gasteiger partial charge in [0.05, 0.1) is 0 Å². The van der Waals surface area contributed by atoms with Crippen LogP contribution in [0.1, 0.15) is 51.4 Å². The lowest BCUT2D eigenvalue weighted by Gasteiger charge is -2.47. The summed E-state index contributed by atoms with van der Waals surface area (Å²) in [5, 5.41) is 0. The van der Waals surface area contributed by atoms with E-state index in [1.165, 1.54) is 6.42 Å². The van der Waals surface area contributed by atoms with Gasteiger partial charge in [0.15, 0.2) is 0 Å². The molecule has 0 bridgehead atoms. The summed E-state index contributed by atoms with van der Waals surface area (Å²) in [6.07, 6.45) is 17.4. The van der Waals surface area contributed by atoms with Crippen molar-refractivity contribution in [3.8, 4) is 0 Å². The highest BCUT2D eigenvalue weighted by molar-refractivity contribution is 5.97. The van der Waals surface area contributed by atoms with Crippen molar-refractivity contribution in [1.29, 1.82) is 0 Å². The molecule has 3 nitrogen and oxygen atoms in total. The van der Waals surface area contributed by atoms with E-state index in [1.54, 1.807) is 0 Å². The van der Waals surface area contributed by atoms with Crippen molar-refractivity contribution in [2.75, 3.05) is 0 Å². The van der Waals surface area contributed by atoms with E-state index in [4.69, 9.17) is 0 Å². The number of rotatable bonds is 0. The van der Waals surface area contributed by atoms with Gasteiger partial charge in [-0.25, -0.2) is 0 Å². The number of hydrogen-bond donors (Lipinski definition) is 0. The van der Waals surface area contributed by atoms with Gasteiger partial charge in [-0.3, -0.25) is 14.4 Å². The molecule has 7 rings (SSSR count). The highest BCUT2D eigenvalue weighted by Crippen LogP contribution is 2.69. The maximum Gasteiger partial charge on any atom is 0.143 e. The second-order valence-electron chi connectivity index (χ2n) is 11.5. The summed E-state index contributed by atoms with van der Waals surface area (Å²) >= 11 is 0. The Bertz CT molecular complexity index is 883. The second-order valence-corrected chi connectivity index (χ2v) is 11.5. The van der Waals surface area contributed by atoms with E-state index in [2.05, 4.69) is 24.3 Å². The van der Waals surface area contributed by atoms with Gasteiger partial charge >= 0.3 is 0 Å². The van der Waals surface area contributed by atoms with Crippen molar-refractivity contribution in [3.63, 3.8) is 0 Å². The molecule has 12 unspecified atom stereocenters. The SMILES string of the molecule is O=C1C2CCC=CC2C2C1C1C3CCC=CC3C(=O)C1C1C3CCCCC3C(=O)C21. The molecule has 158 valence electrons. The van der Waals surface area contributed by atoms with E-state index < -0.39 is 0 Å². The molecule has 3 heteroatoms. The maximum absolute atomic E-state index is 13.8. The average molecular weight is 405 g/mol. The topological polar surface area (TPSA) is 51.2 Å². The first-order valence-corrected chi connectivity index (χ1v) is 12.6. The molecule has 0 amide bonds. The molecule has 0 radical (unpaired) electrons. The lowest BCUT2D eigenvalue weighted by atomic mass is 9.54. The summed E-state index contributed by atoms with van der Waals surface area (Å²) < 4.78 is 0. The fourth-order valence-electron chi connectivity index (χ4n) is 9.99. The van der Waals surface area contributed by atoms with E-state index in [0.717, 1.165) is 44.9 Å². The molecule has 0 saturated heterocycles. The van der Waals surface area contributed by atoms with Crippen molar-refractivity contribution in [2.24, 2.45) is 71.0 Å². The summed E-state index contributed by atoms with van der Waals surface area (Å²) in [5.74, 6) is 3.06. The monoisotopic (exact) mass is 404 g/mol. The Morgan fingerprint density at radius 1 is 0.600 bits per heavy atom. The Balaban J connectivity index is 1.42. The molecule has 30 heavy (non-hydrogen) atoms. The smallest absolute Gasteiger partial charge is 0.143 e. The zero-order chi connectivity index (χ0) is 20.1. The van der Waals surface area contributed by atoms with Gasteiger partial charge in [-0.1, -0.05) is 37.1 Å². The van der Waals surface area contributed by atoms with Gasteiger partial charge in [0.2, 0.25) is 0 Å². The minimum absolute atomic E-state index is 0.0110. The van der Waals surface area contributed by atoms with E-state index in [1.807, 2.05) is 0 Å². The van der Waals surface area contributed by atoms with Gasteiger partial charge in [-0.2, -0.15) is 0 Å². The van der Waals surface area contributed by atoms with Crippen LogP contribution < -0.4 is 0 Å². The first-order chi connectivity index (χ1) is 14.7. The third kappa shape index (κ3) is 2.06. The van der Waals surface area contributed by atoms with Crippen LogP contribution in [0.15, 0.2) is 24.3 Å². The van der Waals surface area contributed by atoms with Crippen LogP contribution in [0.4, 0.5) is 0 Å². The zero-order valence-electron chi connectivity index (χ0n) is 17.6. The Labute approximate surface area is 178 Å². The predicted octanol–water partition coefficient (Wildman–Crippen LogP) is 4.42. The number of carbonyl (C=O) groups excluding carboxylic acids is 3. The molecule has 7 aliphatic carbocycles. The van der Waals surface area contributed by atoms with Crippen molar-refractivity contribution in [2.45, 2.75) is 51.4 Å². The number of hydrogen-bond acceptors (Lipinski definition) is 3. The van der Waals surface area contributed by atoms with Crippen LogP contribution in [0.2, 0.25) is 0 Å². The number of ketones is 3. The molecular formula is C27H32O3. The number of fused-ring (bicyclic) bond motifs is 12. The fourth-order valence-corrected chi connectivity index (χ4v) is 9.99. The minimum Gasteiger partial charge on any atom is -0.299 e. The van der Waals surface area contributed by atoms with Crippen molar-refractivity contribution < 1.29 is 14.4 Å². The molecule has 5 saturated carbocycles. The van der Waals surface area contributed by atoms with Crippen molar-refractivity contribution in [3.05, 3.63) is 24.3 Å². The minimum atomic E-state index is -0.0384. The van der Waals surface area contributed by atoms with E-state index >= 15 is 0 Å². The average Bonchev–Trinajstić information content (AvgIpc) is 3.36. The third-order valence-electron chi connectivity index (χ3n) is 10.7. The van der Waals surface area contributed by atoms with Gasteiger partial charge < -0.3 is 0 Å². The van der Waals surface area contributed by atoms with Crippen LogP contribution in [-0.2, 0) is 14.4 Å². The maximum atomic E-state index is 13.8. The first kappa shape index (κ1) is 18.1. The molecule has 5 fully saturated rings. The van der Waals surface area contributed by atoms with Crippen LogP contribution in [-0.4, -0.2) is 17.3 Å². The Kier molecular flexibility index (Phi) is 3.78. The molecule has 12 atom stereocenters. The Hall–Kier alpha value is -1.51. The molecule has 7 aliphatic rings. The van der Waals surface area contributed by atoms with Crippen LogP contribution in [0.25, 0.3) is 0 Å². The quantitative estimate of drug-likeness (QED) is 0.562. The zero-order valence-corrected chi connectivity index (χ0v) is 17.6. The molecule has 0 N–H and O–H groups in total. The lowest BCUT2D eigenvalue weighted by Crippen LogP contribution is -2.49. The number of carbonyl (C=O) groups is 3. The van der Waals surface area contributed by atoms with Gasteiger partial charge in [0.1, 0.15) is 17.3 Å². The van der Waals surface area contributed by atoms with E-state index in [-0.39, 0.29) is 59.2 Å². The highest BCUT2D eigenvalue weighted by atomic mass is 16.1. The van der Waals surface area contributed by atoms with Crippen LogP contribution in [0.5, 0.6) is 0 Å². The summed E-state index contributed by atoms with van der Waals surface area (Å²) in [6, 6.07) is 0. The summed E-state index contributed by atoms with van der Waals surface area (Å²) in [4.78, 5) is 41.5. The van der Waals surface area contributed by atoms with Gasteiger partial charge in [-0.05, 0) is 74.0 Å². The third-order valence-corrected chi connectivity index (χ3v) is 10.7. The Morgan fingerprint density at radius 3 is 2.13 bits per heavy atom. The van der Waals surface area contributed by atoms with Crippen LogP contribution in [0.3, 0.4) is 0 Å². The van der Waals surface area contributed by atoms with Crippen molar-refractivity contribution >= 4 is 17.3 Å². The van der Waals surface area contributed by atoms with Gasteiger partial charge in [-0.15, -0.1) is 0 Å². The molecule has 0 aromatic carbocycles.